The lowest BCUT2D eigenvalue weighted by molar-refractivity contribution is -0.137. The second kappa shape index (κ2) is 10.1. The number of hydrogen-bond donors (Lipinski definition) is 2. The van der Waals surface area contributed by atoms with E-state index in [2.05, 4.69) is 4.90 Å². The first-order valence-corrected chi connectivity index (χ1v) is 10.0. The highest BCUT2D eigenvalue weighted by molar-refractivity contribution is 6.36. The average molecular weight is 443 g/mol. The van der Waals surface area contributed by atoms with Crippen LogP contribution in [0.3, 0.4) is 0 Å². The number of carboxylic acids is 2. The van der Waals surface area contributed by atoms with Gasteiger partial charge < -0.3 is 20.0 Å². The fourth-order valence-electron chi connectivity index (χ4n) is 3.68. The van der Waals surface area contributed by atoms with Crippen molar-refractivity contribution >= 4 is 46.7 Å². The third-order valence-electron chi connectivity index (χ3n) is 5.14. The Bertz CT molecular complexity index is 819. The number of likely N-dealkylation sites (tertiary alicyclic amines) is 1. The average Bonchev–Trinajstić information content (AvgIpc) is 2.64. The lowest BCUT2D eigenvalue weighted by atomic mass is 9.78. The largest absolute Gasteiger partial charge is 0.478 e. The van der Waals surface area contributed by atoms with E-state index in [9.17, 15) is 24.6 Å². The quantitative estimate of drug-likeness (QED) is 0.627. The van der Waals surface area contributed by atoms with Crippen LogP contribution in [0.5, 0.6) is 0 Å². The van der Waals surface area contributed by atoms with Crippen molar-refractivity contribution in [2.75, 3.05) is 31.6 Å². The van der Waals surface area contributed by atoms with Gasteiger partial charge in [0, 0.05) is 17.6 Å². The molecule has 29 heavy (non-hydrogen) atoms. The topological polar surface area (TPSA) is 98.2 Å². The van der Waals surface area contributed by atoms with E-state index in [1.54, 1.807) is 19.1 Å². The van der Waals surface area contributed by atoms with Crippen molar-refractivity contribution in [3.8, 4) is 0 Å². The number of amides is 1. The van der Waals surface area contributed by atoms with E-state index in [1.807, 2.05) is 7.05 Å². The molecule has 1 fully saturated rings. The van der Waals surface area contributed by atoms with Crippen molar-refractivity contribution in [2.45, 2.75) is 19.8 Å². The number of anilines is 1. The molecular formula is C20H24Cl2N2O5. The second-order valence-electron chi connectivity index (χ2n) is 7.04. The molecule has 0 spiro atoms. The fourth-order valence-corrected chi connectivity index (χ4v) is 4.19. The zero-order valence-corrected chi connectivity index (χ0v) is 17.8. The predicted molar refractivity (Wildman–Crippen MR) is 112 cm³/mol. The number of piperidine rings is 1. The molecule has 1 amide bonds. The zero-order valence-electron chi connectivity index (χ0n) is 16.3. The standard InChI is InChI=1S/C20H24Cl2N2O5/c1-3-24(16-5-4-13(21)10-15(16)22)19(27)18(12-6-8-23(2)9-7-12)14(20(28)29)11-17(25)26/h4-5,10-12,18H,3,6-9H2,1-2H3,(H,25,26)(H,28,29)/b14-11+. The second-order valence-corrected chi connectivity index (χ2v) is 7.88. The summed E-state index contributed by atoms with van der Waals surface area (Å²) in [4.78, 5) is 40.2. The molecule has 1 saturated heterocycles. The molecule has 1 unspecified atom stereocenters. The van der Waals surface area contributed by atoms with Gasteiger partial charge in [0.15, 0.2) is 0 Å². The van der Waals surface area contributed by atoms with Crippen molar-refractivity contribution in [3.63, 3.8) is 0 Å². The minimum atomic E-state index is -1.41. The molecule has 1 aliphatic heterocycles. The maximum atomic E-state index is 13.5. The summed E-state index contributed by atoms with van der Waals surface area (Å²) in [5.41, 5.74) is -0.0119. The first-order chi connectivity index (χ1) is 13.6. The number of aliphatic carboxylic acids is 2. The van der Waals surface area contributed by atoms with Gasteiger partial charge in [-0.25, -0.2) is 9.59 Å². The lowest BCUT2D eigenvalue weighted by Gasteiger charge is -2.36. The van der Waals surface area contributed by atoms with Crippen LogP contribution in [0.25, 0.3) is 0 Å². The van der Waals surface area contributed by atoms with Crippen LogP contribution in [0.2, 0.25) is 10.0 Å². The molecule has 1 atom stereocenters. The number of nitrogens with zero attached hydrogens (tertiary/aromatic N) is 2. The van der Waals surface area contributed by atoms with Gasteiger partial charge in [-0.3, -0.25) is 4.79 Å². The first kappa shape index (κ1) is 23.2. The smallest absolute Gasteiger partial charge is 0.332 e. The maximum absolute atomic E-state index is 13.5. The van der Waals surface area contributed by atoms with Crippen LogP contribution in [0.1, 0.15) is 19.8 Å². The molecule has 1 aromatic rings. The molecule has 0 saturated carbocycles. The molecule has 0 aromatic heterocycles. The van der Waals surface area contributed by atoms with E-state index < -0.39 is 29.3 Å². The van der Waals surface area contributed by atoms with Gasteiger partial charge in [0.2, 0.25) is 5.91 Å². The van der Waals surface area contributed by atoms with E-state index in [0.717, 1.165) is 0 Å². The van der Waals surface area contributed by atoms with Crippen LogP contribution in [0.4, 0.5) is 5.69 Å². The van der Waals surface area contributed by atoms with Gasteiger partial charge >= 0.3 is 11.9 Å². The summed E-state index contributed by atoms with van der Waals surface area (Å²) in [5.74, 6) is -4.69. The normalized spacial score (nSPS) is 17.0. The molecule has 1 heterocycles. The van der Waals surface area contributed by atoms with Crippen LogP contribution in [-0.4, -0.2) is 59.6 Å². The summed E-state index contributed by atoms with van der Waals surface area (Å²) in [6.45, 7) is 3.38. The molecule has 2 N–H and O–H groups in total. The molecule has 9 heteroatoms. The highest BCUT2D eigenvalue weighted by Gasteiger charge is 2.39. The monoisotopic (exact) mass is 442 g/mol. The molecule has 0 bridgehead atoms. The Labute approximate surface area is 179 Å². The van der Waals surface area contributed by atoms with Crippen molar-refractivity contribution in [2.24, 2.45) is 11.8 Å². The molecule has 1 aromatic carbocycles. The number of rotatable bonds is 7. The Morgan fingerprint density at radius 1 is 1.24 bits per heavy atom. The molecule has 0 radical (unpaired) electrons. The van der Waals surface area contributed by atoms with Crippen LogP contribution >= 0.6 is 23.2 Å². The minimum absolute atomic E-state index is 0.239. The Morgan fingerprint density at radius 2 is 1.86 bits per heavy atom. The van der Waals surface area contributed by atoms with Gasteiger partial charge in [-0.2, -0.15) is 0 Å². The van der Waals surface area contributed by atoms with Gasteiger partial charge in [-0.15, -0.1) is 0 Å². The Balaban J connectivity index is 2.51. The number of carbonyl (C=O) groups excluding carboxylic acids is 1. The number of hydrogen-bond acceptors (Lipinski definition) is 4. The lowest BCUT2D eigenvalue weighted by Crippen LogP contribution is -2.44. The maximum Gasteiger partial charge on any atom is 0.332 e. The van der Waals surface area contributed by atoms with Gasteiger partial charge in [-0.05, 0) is 64.0 Å². The third kappa shape index (κ3) is 5.72. The summed E-state index contributed by atoms with van der Waals surface area (Å²) in [6, 6.07) is 4.69. The number of carboxylic acid groups (broad SMARTS) is 2. The van der Waals surface area contributed by atoms with Crippen LogP contribution in [0, 0.1) is 11.8 Å². The summed E-state index contributed by atoms with van der Waals surface area (Å²) < 4.78 is 0. The molecule has 2 rings (SSSR count). The Kier molecular flexibility index (Phi) is 8.07. The zero-order chi connectivity index (χ0) is 21.7. The number of benzene rings is 1. The van der Waals surface area contributed by atoms with Crippen molar-refractivity contribution < 1.29 is 24.6 Å². The van der Waals surface area contributed by atoms with Crippen molar-refractivity contribution in [1.82, 2.24) is 4.90 Å². The third-order valence-corrected chi connectivity index (χ3v) is 5.68. The van der Waals surface area contributed by atoms with Crippen LogP contribution in [0.15, 0.2) is 29.8 Å². The van der Waals surface area contributed by atoms with E-state index in [1.165, 1.54) is 11.0 Å². The van der Waals surface area contributed by atoms with E-state index in [-0.39, 0.29) is 17.5 Å². The van der Waals surface area contributed by atoms with E-state index in [4.69, 9.17) is 23.2 Å². The fraction of sp³-hybridized carbons (Fsp3) is 0.450. The summed E-state index contributed by atoms with van der Waals surface area (Å²) in [7, 11) is 1.95. The predicted octanol–water partition coefficient (Wildman–Crippen LogP) is 3.40. The number of carbonyl (C=O) groups is 3. The molecule has 158 valence electrons. The van der Waals surface area contributed by atoms with Gasteiger partial charge in [0.25, 0.3) is 0 Å². The van der Waals surface area contributed by atoms with Gasteiger partial charge in [0.05, 0.1) is 22.2 Å². The summed E-state index contributed by atoms with van der Waals surface area (Å²) in [5, 5.41) is 19.5. The molecular weight excluding hydrogens is 419 g/mol. The Hall–Kier alpha value is -2.09. The highest BCUT2D eigenvalue weighted by atomic mass is 35.5. The van der Waals surface area contributed by atoms with Crippen molar-refractivity contribution in [3.05, 3.63) is 39.9 Å². The molecule has 1 aliphatic rings. The van der Waals surface area contributed by atoms with Crippen LogP contribution in [-0.2, 0) is 14.4 Å². The number of halogens is 2. The molecule has 7 nitrogen and oxygen atoms in total. The first-order valence-electron chi connectivity index (χ1n) is 9.28. The van der Waals surface area contributed by atoms with E-state index >= 15 is 0 Å². The van der Waals surface area contributed by atoms with Gasteiger partial charge in [0.1, 0.15) is 0 Å². The van der Waals surface area contributed by atoms with Gasteiger partial charge in [-0.1, -0.05) is 23.2 Å². The highest BCUT2D eigenvalue weighted by Crippen LogP contribution is 2.35. The summed E-state index contributed by atoms with van der Waals surface area (Å²) in [6.07, 6.45) is 1.80. The van der Waals surface area contributed by atoms with Crippen molar-refractivity contribution in [1.29, 1.82) is 0 Å². The molecule has 0 aliphatic carbocycles. The van der Waals surface area contributed by atoms with E-state index in [0.29, 0.717) is 42.7 Å². The van der Waals surface area contributed by atoms with Crippen LogP contribution < -0.4 is 4.90 Å². The SMILES string of the molecule is CCN(C(=O)C(/C(=C\C(=O)O)C(=O)O)C1CCN(C)CC1)c1ccc(Cl)cc1Cl. The summed E-state index contributed by atoms with van der Waals surface area (Å²) >= 11 is 12.2. The Morgan fingerprint density at radius 3 is 2.34 bits per heavy atom. The minimum Gasteiger partial charge on any atom is -0.478 e.